The number of nitrogens with zero attached hydrogens (tertiary/aromatic N) is 3. The molecule has 32 heavy (non-hydrogen) atoms. The highest BCUT2D eigenvalue weighted by molar-refractivity contribution is 5.74. The van der Waals surface area contributed by atoms with Crippen LogP contribution in [0.5, 0.6) is 5.75 Å². The average molecular weight is 431 g/mol. The van der Waals surface area contributed by atoms with Gasteiger partial charge in [0.15, 0.2) is 0 Å². The van der Waals surface area contributed by atoms with E-state index < -0.39 is 0 Å². The zero-order valence-corrected chi connectivity index (χ0v) is 18.5. The number of urea groups is 1. The number of aryl methyl sites for hydroxylation is 1. The number of anilines is 1. The molecule has 0 bridgehead atoms. The number of carbonyl (C=O) groups is 1. The Labute approximate surface area is 189 Å². The van der Waals surface area contributed by atoms with Gasteiger partial charge in [0.1, 0.15) is 12.4 Å². The molecule has 0 unspecified atom stereocenters. The van der Waals surface area contributed by atoms with Crippen LogP contribution in [0.2, 0.25) is 0 Å². The summed E-state index contributed by atoms with van der Waals surface area (Å²) < 4.78 is 5.77. The van der Waals surface area contributed by atoms with Crippen molar-refractivity contribution in [1.29, 1.82) is 0 Å². The monoisotopic (exact) mass is 430 g/mol. The molecule has 1 fully saturated rings. The molecule has 2 amide bonds. The van der Waals surface area contributed by atoms with E-state index in [2.05, 4.69) is 46.4 Å². The molecule has 0 saturated carbocycles. The molecule has 4 rings (SSSR count). The van der Waals surface area contributed by atoms with E-state index in [-0.39, 0.29) is 6.03 Å². The summed E-state index contributed by atoms with van der Waals surface area (Å²) in [6.45, 7) is 6.34. The van der Waals surface area contributed by atoms with Crippen molar-refractivity contribution in [2.75, 3.05) is 31.1 Å². The van der Waals surface area contributed by atoms with Gasteiger partial charge in [-0.3, -0.25) is 4.98 Å². The van der Waals surface area contributed by atoms with Crippen molar-refractivity contribution in [3.63, 3.8) is 0 Å². The van der Waals surface area contributed by atoms with Crippen molar-refractivity contribution >= 4 is 11.7 Å². The van der Waals surface area contributed by atoms with Gasteiger partial charge in [0.2, 0.25) is 0 Å². The van der Waals surface area contributed by atoms with E-state index in [1.165, 1.54) is 11.3 Å². The fourth-order valence-electron chi connectivity index (χ4n) is 3.77. The lowest BCUT2D eigenvalue weighted by molar-refractivity contribution is 0.201. The van der Waals surface area contributed by atoms with E-state index in [9.17, 15) is 4.79 Å². The second-order valence-corrected chi connectivity index (χ2v) is 8.08. The summed E-state index contributed by atoms with van der Waals surface area (Å²) in [5, 5.41) is 3.05. The number of rotatable bonds is 6. The molecular weight excluding hydrogens is 400 g/mol. The molecule has 1 aliphatic rings. The number of hydrogen-bond acceptors (Lipinski definition) is 4. The summed E-state index contributed by atoms with van der Waals surface area (Å²) >= 11 is 0. The van der Waals surface area contributed by atoms with Gasteiger partial charge in [-0.25, -0.2) is 4.79 Å². The van der Waals surface area contributed by atoms with Crippen molar-refractivity contribution in [3.05, 3.63) is 89.7 Å². The molecule has 0 spiro atoms. The van der Waals surface area contributed by atoms with Gasteiger partial charge in [-0.1, -0.05) is 35.9 Å². The van der Waals surface area contributed by atoms with Crippen LogP contribution in [0.1, 0.15) is 23.2 Å². The van der Waals surface area contributed by atoms with Crippen LogP contribution < -0.4 is 15.0 Å². The van der Waals surface area contributed by atoms with Gasteiger partial charge < -0.3 is 19.9 Å². The minimum atomic E-state index is -0.00812. The third-order valence-corrected chi connectivity index (χ3v) is 5.66. The number of hydrogen-bond donors (Lipinski definition) is 1. The number of nitrogens with one attached hydrogen (secondary N) is 1. The molecule has 1 N–H and O–H groups in total. The smallest absolute Gasteiger partial charge is 0.317 e. The van der Waals surface area contributed by atoms with Crippen LogP contribution in [0.15, 0.2) is 72.9 Å². The first kappa shape index (κ1) is 21.7. The molecule has 3 aromatic rings. The average Bonchev–Trinajstić information content (AvgIpc) is 3.09. The maximum atomic E-state index is 12.7. The fourth-order valence-corrected chi connectivity index (χ4v) is 3.77. The van der Waals surface area contributed by atoms with Crippen LogP contribution in [0.25, 0.3) is 0 Å². The second kappa shape index (κ2) is 10.7. The molecule has 0 aliphatic carbocycles. The normalized spacial score (nSPS) is 14.0. The van der Waals surface area contributed by atoms with E-state index in [4.69, 9.17) is 4.74 Å². The quantitative estimate of drug-likeness (QED) is 0.630. The highest BCUT2D eigenvalue weighted by Gasteiger charge is 2.19. The molecule has 166 valence electrons. The molecule has 1 aromatic heterocycles. The predicted molar refractivity (Wildman–Crippen MR) is 127 cm³/mol. The Morgan fingerprint density at radius 1 is 0.969 bits per heavy atom. The van der Waals surface area contributed by atoms with Gasteiger partial charge in [-0.2, -0.15) is 0 Å². The minimum absolute atomic E-state index is 0.00812. The number of benzene rings is 2. The fraction of sp³-hybridized carbons (Fsp3) is 0.308. The van der Waals surface area contributed by atoms with Crippen LogP contribution >= 0.6 is 0 Å². The van der Waals surface area contributed by atoms with Crippen LogP contribution in [-0.2, 0) is 13.2 Å². The Hall–Kier alpha value is -3.54. The standard InChI is InChI=1S/C26H30N4O2/c1-21-6-10-24(11-7-21)29-15-4-16-30(18-17-29)26(31)28-19-22-8-12-25(13-9-22)32-20-23-5-2-3-14-27-23/h2-3,5-14H,4,15-20H2,1H3,(H,28,31). The van der Waals surface area contributed by atoms with E-state index in [0.717, 1.165) is 49.6 Å². The topological polar surface area (TPSA) is 57.7 Å². The number of ether oxygens (including phenoxy) is 1. The Kier molecular flexibility index (Phi) is 7.23. The van der Waals surface area contributed by atoms with Gasteiger partial charge >= 0.3 is 6.03 Å². The van der Waals surface area contributed by atoms with Crippen LogP contribution in [0.3, 0.4) is 0 Å². The Morgan fingerprint density at radius 2 is 1.78 bits per heavy atom. The predicted octanol–water partition coefficient (Wildman–Crippen LogP) is 4.39. The van der Waals surface area contributed by atoms with Crippen molar-refractivity contribution in [1.82, 2.24) is 15.2 Å². The third-order valence-electron chi connectivity index (χ3n) is 5.66. The van der Waals surface area contributed by atoms with Crippen molar-refractivity contribution < 1.29 is 9.53 Å². The highest BCUT2D eigenvalue weighted by atomic mass is 16.5. The van der Waals surface area contributed by atoms with E-state index in [0.29, 0.717) is 13.2 Å². The number of carbonyl (C=O) groups excluding carboxylic acids is 1. The summed E-state index contributed by atoms with van der Waals surface area (Å²) in [4.78, 5) is 21.2. The zero-order chi connectivity index (χ0) is 22.2. The number of amides is 2. The van der Waals surface area contributed by atoms with E-state index in [1.807, 2.05) is 47.4 Å². The Morgan fingerprint density at radius 3 is 2.53 bits per heavy atom. The Bertz CT molecular complexity index is 991. The first-order chi connectivity index (χ1) is 15.7. The number of pyridine rings is 1. The van der Waals surface area contributed by atoms with Crippen molar-refractivity contribution in [2.24, 2.45) is 0 Å². The third kappa shape index (κ3) is 6.00. The molecule has 2 aromatic carbocycles. The molecule has 6 nitrogen and oxygen atoms in total. The summed E-state index contributed by atoms with van der Waals surface area (Å²) in [7, 11) is 0. The second-order valence-electron chi connectivity index (χ2n) is 8.08. The van der Waals surface area contributed by atoms with Crippen molar-refractivity contribution in [3.8, 4) is 5.75 Å². The van der Waals surface area contributed by atoms with E-state index in [1.54, 1.807) is 6.20 Å². The SMILES string of the molecule is Cc1ccc(N2CCCN(C(=O)NCc3ccc(OCc4ccccn4)cc3)CC2)cc1. The first-order valence-electron chi connectivity index (χ1n) is 11.1. The molecule has 0 radical (unpaired) electrons. The van der Waals surface area contributed by atoms with Gasteiger partial charge in [-0.05, 0) is 55.3 Å². The van der Waals surface area contributed by atoms with Gasteiger partial charge in [0, 0.05) is 44.6 Å². The number of aromatic nitrogens is 1. The van der Waals surface area contributed by atoms with Gasteiger partial charge in [-0.15, -0.1) is 0 Å². The zero-order valence-electron chi connectivity index (χ0n) is 18.5. The maximum absolute atomic E-state index is 12.7. The highest BCUT2D eigenvalue weighted by Crippen LogP contribution is 2.18. The Balaban J connectivity index is 1.23. The van der Waals surface area contributed by atoms with Crippen molar-refractivity contribution in [2.45, 2.75) is 26.5 Å². The van der Waals surface area contributed by atoms with Crippen LogP contribution in [0.4, 0.5) is 10.5 Å². The lowest BCUT2D eigenvalue weighted by Gasteiger charge is -2.24. The molecular formula is C26H30N4O2. The summed E-state index contributed by atoms with van der Waals surface area (Å²) in [5.74, 6) is 0.787. The first-order valence-corrected chi connectivity index (χ1v) is 11.1. The van der Waals surface area contributed by atoms with E-state index >= 15 is 0 Å². The van der Waals surface area contributed by atoms with Gasteiger partial charge in [0.25, 0.3) is 0 Å². The largest absolute Gasteiger partial charge is 0.487 e. The van der Waals surface area contributed by atoms with Crippen LogP contribution in [0, 0.1) is 6.92 Å². The summed E-state index contributed by atoms with van der Waals surface area (Å²) in [5.41, 5.74) is 4.42. The van der Waals surface area contributed by atoms with Gasteiger partial charge in [0.05, 0.1) is 5.69 Å². The molecule has 1 saturated heterocycles. The molecule has 1 aliphatic heterocycles. The lowest BCUT2D eigenvalue weighted by Crippen LogP contribution is -2.41. The maximum Gasteiger partial charge on any atom is 0.317 e. The summed E-state index contributed by atoms with van der Waals surface area (Å²) in [6, 6.07) is 22.2. The molecule has 6 heteroatoms. The lowest BCUT2D eigenvalue weighted by atomic mass is 10.2. The summed E-state index contributed by atoms with van der Waals surface area (Å²) in [6.07, 6.45) is 2.72. The minimum Gasteiger partial charge on any atom is -0.487 e. The molecule has 0 atom stereocenters. The van der Waals surface area contributed by atoms with Crippen LogP contribution in [-0.4, -0.2) is 42.1 Å². The molecule has 2 heterocycles.